The summed E-state index contributed by atoms with van der Waals surface area (Å²) in [6.45, 7) is 0.551. The van der Waals surface area contributed by atoms with Crippen LogP contribution >= 0.6 is 23.1 Å². The van der Waals surface area contributed by atoms with Gasteiger partial charge in [0.25, 0.3) is 0 Å². The lowest BCUT2D eigenvalue weighted by molar-refractivity contribution is 0.390. The minimum atomic E-state index is -0.250. The van der Waals surface area contributed by atoms with E-state index in [-0.39, 0.29) is 5.82 Å². The molecule has 10 heteroatoms. The van der Waals surface area contributed by atoms with Gasteiger partial charge in [0.15, 0.2) is 10.1 Å². The molecule has 3 aromatic heterocycles. The summed E-state index contributed by atoms with van der Waals surface area (Å²) in [6, 6.07) is 9.85. The van der Waals surface area contributed by atoms with Gasteiger partial charge < -0.3 is 14.3 Å². The summed E-state index contributed by atoms with van der Waals surface area (Å²) >= 11 is 2.88. The lowest BCUT2D eigenvalue weighted by atomic mass is 10.2. The van der Waals surface area contributed by atoms with Crippen molar-refractivity contribution >= 4 is 28.2 Å². The molecule has 132 valence electrons. The zero-order valence-corrected chi connectivity index (χ0v) is 14.9. The van der Waals surface area contributed by atoms with Crippen molar-refractivity contribution in [2.75, 3.05) is 5.32 Å². The van der Waals surface area contributed by atoms with E-state index in [9.17, 15) is 4.39 Å². The van der Waals surface area contributed by atoms with Crippen molar-refractivity contribution in [2.45, 2.75) is 16.6 Å². The van der Waals surface area contributed by atoms with Crippen LogP contribution < -0.4 is 5.32 Å². The number of halogens is 1. The van der Waals surface area contributed by atoms with Crippen LogP contribution in [-0.2, 0) is 12.3 Å². The second-order valence-corrected chi connectivity index (χ2v) is 7.33. The predicted molar refractivity (Wildman–Crippen MR) is 95.2 cm³/mol. The maximum atomic E-state index is 12.9. The van der Waals surface area contributed by atoms with Gasteiger partial charge >= 0.3 is 0 Å². The van der Waals surface area contributed by atoms with Gasteiger partial charge in [0.2, 0.25) is 16.8 Å². The molecule has 0 aliphatic heterocycles. The first-order chi connectivity index (χ1) is 12.8. The molecule has 0 aliphatic rings. The molecule has 0 amide bonds. The average molecular weight is 389 g/mol. The maximum absolute atomic E-state index is 12.9. The maximum Gasteiger partial charge on any atom is 0.238 e. The fourth-order valence-corrected chi connectivity index (χ4v) is 3.65. The number of nitrogens with one attached hydrogen (secondary N) is 1. The van der Waals surface area contributed by atoms with Gasteiger partial charge in [-0.1, -0.05) is 40.4 Å². The molecular weight excluding hydrogens is 377 g/mol. The molecule has 0 bridgehead atoms. The first-order valence-corrected chi connectivity index (χ1v) is 9.37. The highest BCUT2D eigenvalue weighted by Crippen LogP contribution is 2.28. The van der Waals surface area contributed by atoms with E-state index >= 15 is 0 Å². The number of aromatic nitrogens is 4. The molecule has 0 radical (unpaired) electrons. The van der Waals surface area contributed by atoms with E-state index in [1.165, 1.54) is 35.2 Å². The quantitative estimate of drug-likeness (QED) is 0.470. The Morgan fingerprint density at radius 2 is 2.04 bits per heavy atom. The van der Waals surface area contributed by atoms with E-state index in [4.69, 9.17) is 8.94 Å². The second kappa shape index (κ2) is 7.67. The van der Waals surface area contributed by atoms with Crippen molar-refractivity contribution in [3.8, 4) is 11.6 Å². The number of anilines is 1. The third kappa shape index (κ3) is 4.09. The van der Waals surface area contributed by atoms with E-state index in [1.54, 1.807) is 30.5 Å². The summed E-state index contributed by atoms with van der Waals surface area (Å²) in [7, 11) is 0. The van der Waals surface area contributed by atoms with Crippen LogP contribution in [0.25, 0.3) is 11.6 Å². The van der Waals surface area contributed by atoms with Crippen LogP contribution in [0.4, 0.5) is 9.52 Å². The molecule has 0 saturated carbocycles. The van der Waals surface area contributed by atoms with Gasteiger partial charge in [0, 0.05) is 6.54 Å². The van der Waals surface area contributed by atoms with Crippen molar-refractivity contribution in [1.29, 1.82) is 0 Å². The van der Waals surface area contributed by atoms with E-state index < -0.39 is 0 Å². The molecule has 4 rings (SSSR count). The highest BCUT2D eigenvalue weighted by Gasteiger charge is 2.12. The standard InChI is InChI=1S/C16H12FN5O2S2/c17-11-5-3-10(4-6-11)8-18-15-20-21-16(26-15)25-9-13-19-14(22-24-13)12-2-1-7-23-12/h1-7H,8-9H2,(H,18,20). The van der Waals surface area contributed by atoms with Crippen molar-refractivity contribution in [2.24, 2.45) is 0 Å². The van der Waals surface area contributed by atoms with E-state index in [0.717, 1.165) is 9.90 Å². The van der Waals surface area contributed by atoms with Gasteiger partial charge in [-0.25, -0.2) is 4.39 Å². The fraction of sp³-hybridized carbons (Fsp3) is 0.125. The Morgan fingerprint density at radius 1 is 1.15 bits per heavy atom. The summed E-state index contributed by atoms with van der Waals surface area (Å²) in [6.07, 6.45) is 1.56. The third-order valence-electron chi connectivity index (χ3n) is 3.29. The Balaban J connectivity index is 1.30. The van der Waals surface area contributed by atoms with Crippen molar-refractivity contribution in [1.82, 2.24) is 20.3 Å². The summed E-state index contributed by atoms with van der Waals surface area (Å²) < 4.78 is 24.1. The lowest BCUT2D eigenvalue weighted by Gasteiger charge is -2.01. The van der Waals surface area contributed by atoms with Crippen molar-refractivity contribution in [3.05, 3.63) is 59.9 Å². The number of thioether (sulfide) groups is 1. The average Bonchev–Trinajstić information content (AvgIpc) is 3.40. The van der Waals surface area contributed by atoms with E-state index in [1.807, 2.05) is 0 Å². The molecule has 0 unspecified atom stereocenters. The van der Waals surface area contributed by atoms with Crippen LogP contribution in [-0.4, -0.2) is 20.3 Å². The Hall–Kier alpha value is -2.72. The number of hydrogen-bond acceptors (Lipinski definition) is 9. The lowest BCUT2D eigenvalue weighted by Crippen LogP contribution is -1.98. The molecule has 7 nitrogen and oxygen atoms in total. The monoisotopic (exact) mass is 389 g/mol. The molecule has 1 aromatic carbocycles. The topological polar surface area (TPSA) is 89.9 Å². The van der Waals surface area contributed by atoms with Crippen molar-refractivity contribution < 1.29 is 13.3 Å². The first-order valence-electron chi connectivity index (χ1n) is 7.57. The van der Waals surface area contributed by atoms with E-state index in [2.05, 4.69) is 25.7 Å². The SMILES string of the molecule is Fc1ccc(CNc2nnc(SCc3nc(-c4ccco4)no3)s2)cc1. The number of rotatable bonds is 7. The second-order valence-electron chi connectivity index (χ2n) is 5.13. The van der Waals surface area contributed by atoms with Crippen LogP contribution in [0.1, 0.15) is 11.5 Å². The summed E-state index contributed by atoms with van der Waals surface area (Å²) in [5.41, 5.74) is 0.965. The molecule has 0 aliphatic carbocycles. The fourth-order valence-electron chi connectivity index (χ4n) is 2.06. The summed E-state index contributed by atoms with van der Waals surface area (Å²) in [5, 5.41) is 15.9. The number of nitrogens with zero attached hydrogens (tertiary/aromatic N) is 4. The van der Waals surface area contributed by atoms with Gasteiger partial charge in [-0.05, 0) is 29.8 Å². The summed E-state index contributed by atoms with van der Waals surface area (Å²) in [5.74, 6) is 1.70. The van der Waals surface area contributed by atoms with Gasteiger partial charge in [-0.15, -0.1) is 10.2 Å². The number of hydrogen-bond donors (Lipinski definition) is 1. The van der Waals surface area contributed by atoms with Gasteiger partial charge in [0.05, 0.1) is 12.0 Å². The smallest absolute Gasteiger partial charge is 0.238 e. The van der Waals surface area contributed by atoms with Gasteiger partial charge in [0.1, 0.15) is 5.82 Å². The first kappa shape index (κ1) is 16.7. The Morgan fingerprint density at radius 3 is 2.85 bits per heavy atom. The number of benzene rings is 1. The minimum absolute atomic E-state index is 0.250. The van der Waals surface area contributed by atoms with Crippen molar-refractivity contribution in [3.63, 3.8) is 0 Å². The molecule has 3 heterocycles. The molecule has 0 fully saturated rings. The zero-order chi connectivity index (χ0) is 17.8. The molecule has 4 aromatic rings. The van der Waals surface area contributed by atoms with E-state index in [0.29, 0.717) is 34.9 Å². The molecular formula is C16H12FN5O2S2. The highest BCUT2D eigenvalue weighted by molar-refractivity contribution is 8.00. The zero-order valence-electron chi connectivity index (χ0n) is 13.3. The van der Waals surface area contributed by atoms with Gasteiger partial charge in [-0.2, -0.15) is 4.98 Å². The molecule has 26 heavy (non-hydrogen) atoms. The van der Waals surface area contributed by atoms with Crippen LogP contribution in [0.3, 0.4) is 0 Å². The minimum Gasteiger partial charge on any atom is -0.461 e. The largest absolute Gasteiger partial charge is 0.461 e. The van der Waals surface area contributed by atoms with Crippen LogP contribution in [0.15, 0.2) is 55.9 Å². The predicted octanol–water partition coefficient (Wildman–Crippen LogP) is 4.22. The molecule has 0 spiro atoms. The summed E-state index contributed by atoms with van der Waals surface area (Å²) in [4.78, 5) is 4.28. The highest BCUT2D eigenvalue weighted by atomic mass is 32.2. The number of furan rings is 1. The Labute approximate surface area is 155 Å². The van der Waals surface area contributed by atoms with Crippen LogP contribution in [0.2, 0.25) is 0 Å². The van der Waals surface area contributed by atoms with Crippen LogP contribution in [0, 0.1) is 5.82 Å². The molecule has 0 atom stereocenters. The van der Waals surface area contributed by atoms with Crippen LogP contribution in [0.5, 0.6) is 0 Å². The third-order valence-corrected chi connectivity index (χ3v) is 5.29. The van der Waals surface area contributed by atoms with Gasteiger partial charge in [-0.3, -0.25) is 0 Å². The molecule has 0 saturated heterocycles. The Bertz CT molecular complexity index is 969. The Kier molecular flexibility index (Phi) is 4.93. The molecule has 1 N–H and O–H groups in total. The normalized spacial score (nSPS) is 11.0.